The number of methoxy groups -OCH3 is 1. The number of allylic oxidation sites excluding steroid dienone is 1. The van der Waals surface area contributed by atoms with Gasteiger partial charge in [0.2, 0.25) is 5.88 Å². The van der Waals surface area contributed by atoms with Gasteiger partial charge in [-0.1, -0.05) is 0 Å². The van der Waals surface area contributed by atoms with Crippen LogP contribution in [0.3, 0.4) is 0 Å². The Morgan fingerprint density at radius 1 is 1.45 bits per heavy atom. The second-order valence-electron chi connectivity index (χ2n) is 4.98. The molecule has 0 aromatic heterocycles. The Morgan fingerprint density at radius 3 is 2.80 bits per heavy atom. The van der Waals surface area contributed by atoms with Crippen molar-refractivity contribution in [1.82, 2.24) is 4.90 Å². The normalized spacial score (nSPS) is 15.4. The van der Waals surface area contributed by atoms with E-state index in [-0.39, 0.29) is 5.78 Å². The first-order valence-corrected chi connectivity index (χ1v) is 6.51. The van der Waals surface area contributed by atoms with E-state index in [1.165, 1.54) is 13.0 Å². The van der Waals surface area contributed by atoms with Crippen molar-refractivity contribution >= 4 is 11.5 Å². The molecule has 0 bridgehead atoms. The van der Waals surface area contributed by atoms with Gasteiger partial charge < -0.3 is 19.3 Å². The summed E-state index contributed by atoms with van der Waals surface area (Å²) in [4.78, 5) is 15.4. The van der Waals surface area contributed by atoms with E-state index in [1.807, 2.05) is 37.2 Å². The van der Waals surface area contributed by atoms with Crippen molar-refractivity contribution in [3.63, 3.8) is 0 Å². The van der Waals surface area contributed by atoms with Gasteiger partial charge in [0.05, 0.1) is 12.8 Å². The van der Waals surface area contributed by atoms with Crippen molar-refractivity contribution in [2.24, 2.45) is 0 Å². The summed E-state index contributed by atoms with van der Waals surface area (Å²) in [6.07, 6.45) is 1.52. The average Bonchev–Trinajstić information content (AvgIpc) is 2.71. The Bertz CT molecular complexity index is 538. The van der Waals surface area contributed by atoms with Crippen LogP contribution in [-0.2, 0) is 4.79 Å². The highest BCUT2D eigenvalue weighted by molar-refractivity contribution is 5.89. The Hall–Kier alpha value is -2.01. The van der Waals surface area contributed by atoms with E-state index < -0.39 is 0 Å². The molecule has 0 radical (unpaired) electrons. The molecule has 0 N–H and O–H groups in total. The lowest BCUT2D eigenvalue weighted by Crippen LogP contribution is -2.30. The van der Waals surface area contributed by atoms with Crippen molar-refractivity contribution in [3.05, 3.63) is 30.2 Å². The maximum atomic E-state index is 11.3. The Kier molecular flexibility index (Phi) is 4.29. The molecule has 5 nitrogen and oxygen atoms in total. The minimum absolute atomic E-state index is 0.0328. The number of likely N-dealkylation sites (N-methyl/N-ethyl adjacent to an activating group) is 1. The van der Waals surface area contributed by atoms with Gasteiger partial charge in [-0.25, -0.2) is 0 Å². The van der Waals surface area contributed by atoms with Gasteiger partial charge >= 0.3 is 0 Å². The zero-order valence-corrected chi connectivity index (χ0v) is 12.3. The van der Waals surface area contributed by atoms with Crippen LogP contribution in [0.5, 0.6) is 11.5 Å². The van der Waals surface area contributed by atoms with Gasteiger partial charge in [0.25, 0.3) is 0 Å². The van der Waals surface area contributed by atoms with E-state index in [4.69, 9.17) is 9.47 Å². The summed E-state index contributed by atoms with van der Waals surface area (Å²) in [6, 6.07) is 5.63. The number of ether oxygens (including phenoxy) is 2. The first kappa shape index (κ1) is 14.4. The Labute approximate surface area is 119 Å². The molecule has 0 amide bonds. The van der Waals surface area contributed by atoms with E-state index in [1.54, 1.807) is 7.11 Å². The smallest absolute Gasteiger partial charge is 0.204 e. The first-order chi connectivity index (χ1) is 9.51. The Morgan fingerprint density at radius 2 is 2.20 bits per heavy atom. The molecule has 0 unspecified atom stereocenters. The van der Waals surface area contributed by atoms with E-state index >= 15 is 0 Å². The second-order valence-corrected chi connectivity index (χ2v) is 4.98. The van der Waals surface area contributed by atoms with Crippen LogP contribution in [0.4, 0.5) is 5.69 Å². The number of carbonyl (C=O) groups excluding carboxylic acids is 1. The fourth-order valence-corrected chi connectivity index (χ4v) is 2.02. The van der Waals surface area contributed by atoms with Crippen LogP contribution in [0.15, 0.2) is 30.2 Å². The molecule has 108 valence electrons. The fraction of sp³-hybridized carbons (Fsp3) is 0.400. The summed E-state index contributed by atoms with van der Waals surface area (Å²) in [5.41, 5.74) is 0.929. The standard InChI is InChI=1S/C15H20N2O3/c1-11(18)9-15-17(8-7-16(2)3)13-10-12(19-4)5-6-14(13)20-15/h5-6,9-10H,7-8H2,1-4H3/b15-9-. The van der Waals surface area contributed by atoms with E-state index in [0.29, 0.717) is 5.88 Å². The third-order valence-electron chi connectivity index (χ3n) is 3.04. The number of fused-ring (bicyclic) bond motifs is 1. The highest BCUT2D eigenvalue weighted by Gasteiger charge is 2.27. The van der Waals surface area contributed by atoms with Crippen LogP contribution >= 0.6 is 0 Å². The largest absolute Gasteiger partial charge is 0.497 e. The van der Waals surface area contributed by atoms with E-state index in [0.717, 1.165) is 30.3 Å². The molecular formula is C15H20N2O3. The SMILES string of the molecule is COc1ccc2c(c1)N(CCN(C)C)/C(=C/C(C)=O)O2. The van der Waals surface area contributed by atoms with Crippen LogP contribution in [0.1, 0.15) is 6.92 Å². The maximum Gasteiger partial charge on any atom is 0.204 e. The molecule has 0 saturated carbocycles. The monoisotopic (exact) mass is 276 g/mol. The molecule has 0 spiro atoms. The van der Waals surface area contributed by atoms with Crippen molar-refractivity contribution in [2.75, 3.05) is 39.2 Å². The predicted octanol–water partition coefficient (Wildman–Crippen LogP) is 1.89. The number of anilines is 1. The summed E-state index contributed by atoms with van der Waals surface area (Å²) in [5.74, 6) is 2.06. The number of benzene rings is 1. The molecular weight excluding hydrogens is 256 g/mol. The molecule has 1 aromatic rings. The lowest BCUT2D eigenvalue weighted by molar-refractivity contribution is -0.112. The van der Waals surface area contributed by atoms with Gasteiger partial charge in [-0.15, -0.1) is 0 Å². The van der Waals surface area contributed by atoms with Crippen LogP contribution in [0.25, 0.3) is 0 Å². The van der Waals surface area contributed by atoms with Gasteiger partial charge in [0.1, 0.15) is 5.75 Å². The predicted molar refractivity (Wildman–Crippen MR) is 78.3 cm³/mol. The highest BCUT2D eigenvalue weighted by atomic mass is 16.5. The van der Waals surface area contributed by atoms with Crippen LogP contribution in [0.2, 0.25) is 0 Å². The summed E-state index contributed by atoms with van der Waals surface area (Å²) in [7, 11) is 5.66. The summed E-state index contributed by atoms with van der Waals surface area (Å²) in [6.45, 7) is 3.12. The summed E-state index contributed by atoms with van der Waals surface area (Å²) < 4.78 is 11.0. The minimum atomic E-state index is -0.0328. The van der Waals surface area contributed by atoms with Crippen LogP contribution in [-0.4, -0.2) is 45.0 Å². The average molecular weight is 276 g/mol. The van der Waals surface area contributed by atoms with Gasteiger partial charge in [-0.2, -0.15) is 0 Å². The molecule has 2 rings (SSSR count). The fourth-order valence-electron chi connectivity index (χ4n) is 2.02. The number of hydrogen-bond acceptors (Lipinski definition) is 5. The van der Waals surface area contributed by atoms with E-state index in [9.17, 15) is 4.79 Å². The second kappa shape index (κ2) is 5.96. The zero-order valence-electron chi connectivity index (χ0n) is 12.3. The molecule has 1 heterocycles. The third kappa shape index (κ3) is 3.11. The summed E-state index contributed by atoms with van der Waals surface area (Å²) in [5, 5.41) is 0. The van der Waals surface area contributed by atoms with Crippen molar-refractivity contribution in [3.8, 4) is 11.5 Å². The highest BCUT2D eigenvalue weighted by Crippen LogP contribution is 2.41. The lowest BCUT2D eigenvalue weighted by Gasteiger charge is -2.20. The molecule has 5 heteroatoms. The van der Waals surface area contributed by atoms with Crippen LogP contribution in [0, 0.1) is 0 Å². The lowest BCUT2D eigenvalue weighted by atomic mass is 10.2. The van der Waals surface area contributed by atoms with Crippen molar-refractivity contribution in [2.45, 2.75) is 6.92 Å². The quantitative estimate of drug-likeness (QED) is 0.768. The molecule has 1 aliphatic rings. The zero-order chi connectivity index (χ0) is 14.7. The number of hydrogen-bond donors (Lipinski definition) is 0. The maximum absolute atomic E-state index is 11.3. The molecule has 0 atom stereocenters. The number of nitrogens with zero attached hydrogens (tertiary/aromatic N) is 2. The van der Waals surface area contributed by atoms with Gasteiger partial charge in [-0.05, 0) is 33.2 Å². The molecule has 0 fully saturated rings. The van der Waals surface area contributed by atoms with Crippen molar-refractivity contribution < 1.29 is 14.3 Å². The molecule has 1 aromatic carbocycles. The summed E-state index contributed by atoms with van der Waals surface area (Å²) >= 11 is 0. The van der Waals surface area contributed by atoms with Gasteiger partial charge in [-0.3, -0.25) is 4.79 Å². The van der Waals surface area contributed by atoms with Crippen LogP contribution < -0.4 is 14.4 Å². The minimum Gasteiger partial charge on any atom is -0.497 e. The first-order valence-electron chi connectivity index (χ1n) is 6.51. The number of carbonyl (C=O) groups is 1. The van der Waals surface area contributed by atoms with E-state index in [2.05, 4.69) is 4.90 Å². The molecule has 0 aliphatic carbocycles. The molecule has 1 aliphatic heterocycles. The third-order valence-corrected chi connectivity index (χ3v) is 3.04. The van der Waals surface area contributed by atoms with Gasteiger partial charge in [0, 0.05) is 25.2 Å². The topological polar surface area (TPSA) is 42.0 Å². The molecule has 20 heavy (non-hydrogen) atoms. The molecule has 0 saturated heterocycles. The number of rotatable bonds is 5. The number of ketones is 1. The van der Waals surface area contributed by atoms with Gasteiger partial charge in [0.15, 0.2) is 11.5 Å². The Balaban J connectivity index is 2.33. The van der Waals surface area contributed by atoms with Crippen molar-refractivity contribution in [1.29, 1.82) is 0 Å².